The maximum atomic E-state index is 5.56. The van der Waals surface area contributed by atoms with E-state index in [9.17, 15) is 0 Å². The second-order valence-corrected chi connectivity index (χ2v) is 4.46. The number of aromatic nitrogens is 3. The van der Waals surface area contributed by atoms with Crippen LogP contribution in [0.1, 0.15) is 24.6 Å². The molecule has 1 aliphatic carbocycles. The number of hydrogen-bond acceptors (Lipinski definition) is 4. The first-order chi connectivity index (χ1) is 7.42. The van der Waals surface area contributed by atoms with Crippen LogP contribution in [0.2, 0.25) is 0 Å². The van der Waals surface area contributed by atoms with Crippen molar-refractivity contribution in [1.82, 2.24) is 20.3 Å². The van der Waals surface area contributed by atoms with Crippen molar-refractivity contribution in [2.45, 2.75) is 25.5 Å². The predicted octanol–water partition coefficient (Wildman–Crippen LogP) is 0.771. The third-order valence-corrected chi connectivity index (χ3v) is 2.99. The van der Waals surface area contributed by atoms with E-state index < -0.39 is 0 Å². The van der Waals surface area contributed by atoms with Crippen molar-refractivity contribution in [3.05, 3.63) is 11.9 Å². The number of rotatable bonds is 5. The van der Waals surface area contributed by atoms with Gasteiger partial charge in [0.05, 0.1) is 18.8 Å². The minimum absolute atomic E-state index is 0. The predicted molar refractivity (Wildman–Crippen MR) is 61.6 cm³/mol. The third-order valence-electron chi connectivity index (χ3n) is 2.99. The first kappa shape index (κ1) is 11.8. The van der Waals surface area contributed by atoms with Crippen molar-refractivity contribution in [2.75, 3.05) is 19.7 Å². The molecule has 1 aromatic rings. The molecule has 6 heteroatoms. The van der Waals surface area contributed by atoms with Crippen molar-refractivity contribution in [1.29, 1.82) is 0 Å². The molecular formula is C10H17ClN4O. The maximum Gasteiger partial charge on any atom is 0.108 e. The fourth-order valence-corrected chi connectivity index (χ4v) is 1.63. The van der Waals surface area contributed by atoms with Gasteiger partial charge in [-0.1, -0.05) is 5.21 Å². The van der Waals surface area contributed by atoms with Gasteiger partial charge >= 0.3 is 0 Å². The summed E-state index contributed by atoms with van der Waals surface area (Å²) in [5, 5.41) is 11.4. The summed E-state index contributed by atoms with van der Waals surface area (Å²) in [6, 6.07) is 0.495. The minimum atomic E-state index is 0. The highest BCUT2D eigenvalue weighted by molar-refractivity contribution is 5.85. The lowest BCUT2D eigenvalue weighted by molar-refractivity contribution is 0.108. The second-order valence-electron chi connectivity index (χ2n) is 4.46. The molecule has 0 atom stereocenters. The molecule has 0 spiro atoms. The minimum Gasteiger partial charge on any atom is -0.375 e. The van der Waals surface area contributed by atoms with E-state index in [1.54, 1.807) is 0 Å². The van der Waals surface area contributed by atoms with E-state index in [-0.39, 0.29) is 12.4 Å². The first-order valence-corrected chi connectivity index (χ1v) is 5.61. The standard InChI is InChI=1S/C10H16N4O.ClH/c1-2-8(1)6-15-7-9-5-14(13-12-9)10-3-11-4-10;/h5,8,10-11H,1-4,6-7H2;1H. The zero-order valence-electron chi connectivity index (χ0n) is 9.13. The van der Waals surface area contributed by atoms with Gasteiger partial charge in [0.15, 0.2) is 0 Å². The van der Waals surface area contributed by atoms with Crippen LogP contribution in [0.15, 0.2) is 6.20 Å². The summed E-state index contributed by atoms with van der Waals surface area (Å²) in [6.07, 6.45) is 4.67. The molecule has 1 saturated heterocycles. The lowest BCUT2D eigenvalue weighted by atomic mass is 10.2. The van der Waals surface area contributed by atoms with Crippen LogP contribution in [0.25, 0.3) is 0 Å². The van der Waals surface area contributed by atoms with Gasteiger partial charge in [-0.15, -0.1) is 17.5 Å². The van der Waals surface area contributed by atoms with Gasteiger partial charge in [0.1, 0.15) is 5.69 Å². The molecule has 0 aromatic carbocycles. The summed E-state index contributed by atoms with van der Waals surface area (Å²) in [5.74, 6) is 0.816. The van der Waals surface area contributed by atoms with Crippen molar-refractivity contribution in [3.63, 3.8) is 0 Å². The lowest BCUT2D eigenvalue weighted by Gasteiger charge is -2.26. The Bertz CT molecular complexity index is 335. The topological polar surface area (TPSA) is 52.0 Å². The average molecular weight is 245 g/mol. The van der Waals surface area contributed by atoms with Crippen LogP contribution < -0.4 is 5.32 Å². The number of nitrogens with one attached hydrogen (secondary N) is 1. The van der Waals surface area contributed by atoms with Crippen LogP contribution in [0.5, 0.6) is 0 Å². The molecule has 1 aliphatic heterocycles. The first-order valence-electron chi connectivity index (χ1n) is 5.61. The Morgan fingerprint density at radius 2 is 2.25 bits per heavy atom. The SMILES string of the molecule is Cl.c1c(COCC2CC2)nnn1C1CNC1. The van der Waals surface area contributed by atoms with Gasteiger partial charge in [-0.2, -0.15) is 0 Å². The number of ether oxygens (including phenoxy) is 1. The summed E-state index contributed by atoms with van der Waals surface area (Å²) in [4.78, 5) is 0. The zero-order chi connectivity index (χ0) is 10.1. The van der Waals surface area contributed by atoms with E-state index in [1.165, 1.54) is 12.8 Å². The van der Waals surface area contributed by atoms with E-state index in [0.717, 1.165) is 31.3 Å². The number of halogens is 1. The Morgan fingerprint density at radius 3 is 2.88 bits per heavy atom. The molecule has 0 amide bonds. The monoisotopic (exact) mass is 244 g/mol. The van der Waals surface area contributed by atoms with E-state index >= 15 is 0 Å². The Morgan fingerprint density at radius 1 is 1.44 bits per heavy atom. The van der Waals surface area contributed by atoms with Crippen LogP contribution >= 0.6 is 12.4 Å². The smallest absolute Gasteiger partial charge is 0.108 e. The van der Waals surface area contributed by atoms with E-state index in [1.807, 2.05) is 10.9 Å². The molecule has 1 N–H and O–H groups in total. The summed E-state index contributed by atoms with van der Waals surface area (Å²) >= 11 is 0. The van der Waals surface area contributed by atoms with Gasteiger partial charge < -0.3 is 10.1 Å². The number of hydrogen-bond donors (Lipinski definition) is 1. The molecule has 5 nitrogen and oxygen atoms in total. The third kappa shape index (κ3) is 2.72. The van der Waals surface area contributed by atoms with Gasteiger partial charge in [0, 0.05) is 19.7 Å². The maximum absolute atomic E-state index is 5.56. The Labute approximate surface area is 101 Å². The molecule has 2 aliphatic rings. The fraction of sp³-hybridized carbons (Fsp3) is 0.800. The normalized spacial score (nSPS) is 20.2. The van der Waals surface area contributed by atoms with Gasteiger partial charge in [0.25, 0.3) is 0 Å². The van der Waals surface area contributed by atoms with Crippen LogP contribution in [0.4, 0.5) is 0 Å². The average Bonchev–Trinajstić information content (AvgIpc) is 2.85. The van der Waals surface area contributed by atoms with Crippen LogP contribution in [-0.4, -0.2) is 34.7 Å². The van der Waals surface area contributed by atoms with E-state index in [0.29, 0.717) is 12.6 Å². The van der Waals surface area contributed by atoms with E-state index in [2.05, 4.69) is 15.6 Å². The van der Waals surface area contributed by atoms with Crippen molar-refractivity contribution in [2.24, 2.45) is 5.92 Å². The molecule has 1 aromatic heterocycles. The summed E-state index contributed by atoms with van der Waals surface area (Å²) < 4.78 is 7.49. The number of nitrogens with zero attached hydrogens (tertiary/aromatic N) is 3. The summed E-state index contributed by atoms with van der Waals surface area (Å²) in [5.41, 5.74) is 0.947. The molecule has 0 bridgehead atoms. The van der Waals surface area contributed by atoms with Gasteiger partial charge in [-0.3, -0.25) is 0 Å². The highest BCUT2D eigenvalue weighted by atomic mass is 35.5. The van der Waals surface area contributed by atoms with E-state index in [4.69, 9.17) is 4.74 Å². The van der Waals surface area contributed by atoms with Gasteiger partial charge in [-0.25, -0.2) is 4.68 Å². The Balaban J connectivity index is 0.000000963. The van der Waals surface area contributed by atoms with Gasteiger partial charge in [-0.05, 0) is 18.8 Å². The van der Waals surface area contributed by atoms with Crippen molar-refractivity contribution < 1.29 is 4.74 Å². The second kappa shape index (κ2) is 5.12. The van der Waals surface area contributed by atoms with Crippen molar-refractivity contribution in [3.8, 4) is 0 Å². The quantitative estimate of drug-likeness (QED) is 0.832. The molecule has 0 unspecified atom stereocenters. The Kier molecular flexibility index (Phi) is 3.78. The van der Waals surface area contributed by atoms with Crippen LogP contribution in [-0.2, 0) is 11.3 Å². The highest BCUT2D eigenvalue weighted by Crippen LogP contribution is 2.28. The molecule has 16 heavy (non-hydrogen) atoms. The Hall–Kier alpha value is -0.650. The van der Waals surface area contributed by atoms with Crippen molar-refractivity contribution >= 4 is 12.4 Å². The van der Waals surface area contributed by atoms with Crippen LogP contribution in [0, 0.1) is 5.92 Å². The molecule has 0 radical (unpaired) electrons. The molecule has 3 rings (SSSR count). The van der Waals surface area contributed by atoms with Gasteiger partial charge in [0.2, 0.25) is 0 Å². The highest BCUT2D eigenvalue weighted by Gasteiger charge is 2.22. The summed E-state index contributed by atoms with van der Waals surface area (Å²) in [6.45, 7) is 3.51. The summed E-state index contributed by atoms with van der Waals surface area (Å²) in [7, 11) is 0. The van der Waals surface area contributed by atoms with Crippen LogP contribution in [0.3, 0.4) is 0 Å². The molecular weight excluding hydrogens is 228 g/mol. The molecule has 1 saturated carbocycles. The largest absolute Gasteiger partial charge is 0.375 e. The fourth-order valence-electron chi connectivity index (χ4n) is 1.63. The zero-order valence-corrected chi connectivity index (χ0v) is 9.95. The molecule has 2 fully saturated rings. The molecule has 90 valence electrons. The molecule has 2 heterocycles. The lowest BCUT2D eigenvalue weighted by Crippen LogP contribution is -2.43.